The highest BCUT2D eigenvalue weighted by Gasteiger charge is 2.27. The van der Waals surface area contributed by atoms with Crippen LogP contribution < -0.4 is 10.2 Å². The minimum absolute atomic E-state index is 0.0514. The van der Waals surface area contributed by atoms with E-state index in [1.54, 1.807) is 37.5 Å². The van der Waals surface area contributed by atoms with Crippen LogP contribution in [-0.2, 0) is 6.54 Å². The lowest BCUT2D eigenvalue weighted by atomic mass is 10.2. The largest absolute Gasteiger partial charge is 0.390 e. The number of pyridine rings is 1. The molecule has 0 saturated carbocycles. The maximum atomic E-state index is 12.1. The summed E-state index contributed by atoms with van der Waals surface area (Å²) in [5, 5.41) is 2.96. The third-order valence-corrected chi connectivity index (χ3v) is 2.39. The van der Waals surface area contributed by atoms with Gasteiger partial charge >= 0.3 is 6.18 Å². The standard InChI is InChI=1S/C11H16F3N3/c1-15-7-9-8-16-5-3-10(9)17(2)6-4-11(12,13)14/h3,5,8,15H,4,6-7H2,1-2H3. The van der Waals surface area contributed by atoms with Gasteiger partial charge in [0, 0.05) is 43.8 Å². The molecule has 6 heteroatoms. The summed E-state index contributed by atoms with van der Waals surface area (Å²) in [5.41, 5.74) is 1.67. The van der Waals surface area contributed by atoms with Crippen LogP contribution >= 0.6 is 0 Å². The maximum absolute atomic E-state index is 12.1. The molecular formula is C11H16F3N3. The number of rotatable bonds is 5. The van der Waals surface area contributed by atoms with E-state index in [1.165, 1.54) is 0 Å². The molecule has 1 N–H and O–H groups in total. The first-order valence-electron chi connectivity index (χ1n) is 5.29. The Kier molecular flexibility index (Phi) is 4.74. The third kappa shape index (κ3) is 4.60. The first kappa shape index (κ1) is 13.8. The molecule has 0 aliphatic carbocycles. The second-order valence-electron chi connectivity index (χ2n) is 3.82. The van der Waals surface area contributed by atoms with Crippen molar-refractivity contribution in [2.75, 3.05) is 25.5 Å². The third-order valence-electron chi connectivity index (χ3n) is 2.39. The van der Waals surface area contributed by atoms with Crippen molar-refractivity contribution in [3.63, 3.8) is 0 Å². The Labute approximate surface area is 98.6 Å². The van der Waals surface area contributed by atoms with Gasteiger partial charge in [0.1, 0.15) is 0 Å². The van der Waals surface area contributed by atoms with Gasteiger partial charge in [-0.1, -0.05) is 0 Å². The number of hydrogen-bond donors (Lipinski definition) is 1. The number of halogens is 3. The van der Waals surface area contributed by atoms with E-state index in [9.17, 15) is 13.2 Å². The SMILES string of the molecule is CNCc1cnccc1N(C)CCC(F)(F)F. The van der Waals surface area contributed by atoms with Gasteiger partial charge in [-0.25, -0.2) is 0 Å². The van der Waals surface area contributed by atoms with Crippen molar-refractivity contribution in [3.05, 3.63) is 24.0 Å². The van der Waals surface area contributed by atoms with Crippen LogP contribution in [0.15, 0.2) is 18.5 Å². The smallest absolute Gasteiger partial charge is 0.374 e. The minimum atomic E-state index is -4.12. The van der Waals surface area contributed by atoms with Crippen LogP contribution in [0.2, 0.25) is 0 Å². The number of anilines is 1. The van der Waals surface area contributed by atoms with Gasteiger partial charge in [-0.05, 0) is 13.1 Å². The zero-order valence-electron chi connectivity index (χ0n) is 9.88. The van der Waals surface area contributed by atoms with E-state index in [-0.39, 0.29) is 6.54 Å². The fourth-order valence-corrected chi connectivity index (χ4v) is 1.53. The Balaban J connectivity index is 2.70. The van der Waals surface area contributed by atoms with Gasteiger partial charge < -0.3 is 10.2 Å². The summed E-state index contributed by atoms with van der Waals surface area (Å²) in [6, 6.07) is 1.73. The Hall–Kier alpha value is -1.30. The van der Waals surface area contributed by atoms with Gasteiger partial charge in [0.15, 0.2) is 0 Å². The molecule has 1 rings (SSSR count). The van der Waals surface area contributed by atoms with E-state index in [0.29, 0.717) is 6.54 Å². The highest BCUT2D eigenvalue weighted by Crippen LogP contribution is 2.23. The van der Waals surface area contributed by atoms with Crippen molar-refractivity contribution >= 4 is 5.69 Å². The highest BCUT2D eigenvalue weighted by molar-refractivity contribution is 5.51. The Bertz CT molecular complexity index is 352. The van der Waals surface area contributed by atoms with E-state index >= 15 is 0 Å². The molecule has 1 heterocycles. The van der Waals surface area contributed by atoms with Gasteiger partial charge in [0.05, 0.1) is 6.42 Å². The molecule has 0 amide bonds. The normalized spacial score (nSPS) is 11.6. The molecule has 1 aromatic rings. The molecule has 0 aromatic carbocycles. The van der Waals surface area contributed by atoms with Crippen molar-refractivity contribution in [3.8, 4) is 0 Å². The van der Waals surface area contributed by atoms with Crippen LogP contribution in [0.25, 0.3) is 0 Å². The van der Waals surface area contributed by atoms with Gasteiger partial charge in [-0.2, -0.15) is 13.2 Å². The summed E-state index contributed by atoms with van der Waals surface area (Å²) >= 11 is 0. The lowest BCUT2D eigenvalue weighted by Gasteiger charge is -2.22. The van der Waals surface area contributed by atoms with E-state index in [1.807, 2.05) is 0 Å². The fraction of sp³-hybridized carbons (Fsp3) is 0.545. The summed E-state index contributed by atoms with van der Waals surface area (Å²) in [6.07, 6.45) is -1.69. The van der Waals surface area contributed by atoms with Crippen LogP contribution in [0.3, 0.4) is 0 Å². The van der Waals surface area contributed by atoms with Gasteiger partial charge in [0.25, 0.3) is 0 Å². The molecule has 0 unspecified atom stereocenters. The molecule has 0 saturated heterocycles. The first-order valence-corrected chi connectivity index (χ1v) is 5.29. The van der Waals surface area contributed by atoms with Crippen molar-refractivity contribution in [1.29, 1.82) is 0 Å². The molecule has 0 fully saturated rings. The van der Waals surface area contributed by atoms with Crippen LogP contribution in [0.1, 0.15) is 12.0 Å². The second-order valence-corrected chi connectivity index (χ2v) is 3.82. The van der Waals surface area contributed by atoms with E-state index < -0.39 is 12.6 Å². The summed E-state index contributed by atoms with van der Waals surface area (Å²) in [4.78, 5) is 5.57. The molecular weight excluding hydrogens is 231 g/mol. The number of nitrogens with zero attached hydrogens (tertiary/aromatic N) is 2. The number of alkyl halides is 3. The quantitative estimate of drug-likeness (QED) is 0.864. The summed E-state index contributed by atoms with van der Waals surface area (Å²) in [5.74, 6) is 0. The predicted molar refractivity (Wildman–Crippen MR) is 60.9 cm³/mol. The molecule has 0 spiro atoms. The van der Waals surface area contributed by atoms with E-state index in [4.69, 9.17) is 0 Å². The molecule has 3 nitrogen and oxygen atoms in total. The van der Waals surface area contributed by atoms with E-state index in [0.717, 1.165) is 11.3 Å². The molecule has 0 atom stereocenters. The average Bonchev–Trinajstić information content (AvgIpc) is 2.26. The van der Waals surface area contributed by atoms with Crippen LogP contribution in [0.4, 0.5) is 18.9 Å². The summed E-state index contributed by atoms with van der Waals surface area (Å²) < 4.78 is 36.4. The van der Waals surface area contributed by atoms with Crippen LogP contribution in [0, 0.1) is 0 Å². The van der Waals surface area contributed by atoms with Crippen LogP contribution in [-0.4, -0.2) is 31.8 Å². The second kappa shape index (κ2) is 5.86. The Morgan fingerprint density at radius 1 is 1.41 bits per heavy atom. The molecule has 0 radical (unpaired) electrons. The molecule has 0 aliphatic rings. The summed E-state index contributed by atoms with van der Waals surface area (Å²) in [6.45, 7) is 0.532. The van der Waals surface area contributed by atoms with Crippen molar-refractivity contribution in [1.82, 2.24) is 10.3 Å². The van der Waals surface area contributed by atoms with Crippen molar-refractivity contribution in [2.24, 2.45) is 0 Å². The van der Waals surface area contributed by atoms with Crippen molar-refractivity contribution in [2.45, 2.75) is 19.1 Å². The highest BCUT2D eigenvalue weighted by atomic mass is 19.4. The average molecular weight is 247 g/mol. The lowest BCUT2D eigenvalue weighted by Crippen LogP contribution is -2.25. The molecule has 1 aromatic heterocycles. The molecule has 96 valence electrons. The monoisotopic (exact) mass is 247 g/mol. The van der Waals surface area contributed by atoms with Crippen molar-refractivity contribution < 1.29 is 13.2 Å². The molecule has 0 aliphatic heterocycles. The minimum Gasteiger partial charge on any atom is -0.374 e. The summed E-state index contributed by atoms with van der Waals surface area (Å²) in [7, 11) is 3.44. The molecule has 0 bridgehead atoms. The lowest BCUT2D eigenvalue weighted by molar-refractivity contribution is -0.132. The topological polar surface area (TPSA) is 28.2 Å². The number of hydrogen-bond acceptors (Lipinski definition) is 3. The van der Waals surface area contributed by atoms with Crippen LogP contribution in [0.5, 0.6) is 0 Å². The van der Waals surface area contributed by atoms with Gasteiger partial charge in [0.2, 0.25) is 0 Å². The van der Waals surface area contributed by atoms with Gasteiger partial charge in [-0.3, -0.25) is 4.98 Å². The van der Waals surface area contributed by atoms with E-state index in [2.05, 4.69) is 10.3 Å². The number of nitrogens with one attached hydrogen (secondary N) is 1. The molecule has 17 heavy (non-hydrogen) atoms. The fourth-order valence-electron chi connectivity index (χ4n) is 1.53. The first-order chi connectivity index (χ1) is 7.94. The number of aromatic nitrogens is 1. The Morgan fingerprint density at radius 2 is 2.12 bits per heavy atom. The maximum Gasteiger partial charge on any atom is 0.390 e. The predicted octanol–water partition coefficient (Wildman–Crippen LogP) is 2.19. The Morgan fingerprint density at radius 3 is 2.71 bits per heavy atom. The van der Waals surface area contributed by atoms with Gasteiger partial charge in [-0.15, -0.1) is 0 Å². The zero-order chi connectivity index (χ0) is 12.9. The zero-order valence-corrected chi connectivity index (χ0v) is 9.88.